The van der Waals surface area contributed by atoms with Crippen molar-refractivity contribution in [3.63, 3.8) is 0 Å². The Morgan fingerprint density at radius 1 is 1.32 bits per heavy atom. The maximum atomic E-state index is 13.1. The van der Waals surface area contributed by atoms with Gasteiger partial charge in [0, 0.05) is 39.0 Å². The van der Waals surface area contributed by atoms with Gasteiger partial charge in [-0.25, -0.2) is 8.42 Å². The summed E-state index contributed by atoms with van der Waals surface area (Å²) in [6.45, 7) is 5.04. The number of anilines is 1. The van der Waals surface area contributed by atoms with Gasteiger partial charge in [-0.2, -0.15) is 13.2 Å². The summed E-state index contributed by atoms with van der Waals surface area (Å²) in [5.41, 5.74) is -0.131. The number of sulfonamides is 1. The number of likely N-dealkylation sites (N-methyl/N-ethyl adjacent to an activating group) is 1. The highest BCUT2D eigenvalue weighted by Crippen LogP contribution is 2.27. The fraction of sp³-hybridized carbons (Fsp3) is 0.632. The molecule has 0 unspecified atom stereocenters. The zero-order valence-corrected chi connectivity index (χ0v) is 18.6. The minimum atomic E-state index is -4.89. The van der Waals surface area contributed by atoms with E-state index in [2.05, 4.69) is 5.32 Å². The number of hydrogen-bond donors (Lipinski definition) is 2. The van der Waals surface area contributed by atoms with Gasteiger partial charge in [0.05, 0.1) is 11.7 Å². The second kappa shape index (κ2) is 10.0. The smallest absolute Gasteiger partial charge is 0.404 e. The average molecular weight is 468 g/mol. The van der Waals surface area contributed by atoms with Gasteiger partial charge in [-0.1, -0.05) is 6.92 Å². The van der Waals surface area contributed by atoms with E-state index >= 15 is 0 Å². The van der Waals surface area contributed by atoms with E-state index in [9.17, 15) is 26.4 Å². The molecule has 31 heavy (non-hydrogen) atoms. The van der Waals surface area contributed by atoms with Crippen molar-refractivity contribution in [1.82, 2.24) is 10.2 Å². The largest absolute Gasteiger partial charge is 0.491 e. The van der Waals surface area contributed by atoms with Gasteiger partial charge in [-0.05, 0) is 31.0 Å². The van der Waals surface area contributed by atoms with E-state index in [1.807, 2.05) is 18.6 Å². The van der Waals surface area contributed by atoms with E-state index in [4.69, 9.17) is 9.47 Å². The highest BCUT2D eigenvalue weighted by atomic mass is 32.2. The predicted octanol–water partition coefficient (Wildman–Crippen LogP) is 2.08. The number of nitrogens with zero attached hydrogens (tertiary/aromatic N) is 1. The van der Waals surface area contributed by atoms with Crippen LogP contribution < -0.4 is 14.8 Å². The molecule has 1 amide bonds. The third-order valence-corrected chi connectivity index (χ3v) is 6.11. The van der Waals surface area contributed by atoms with Crippen molar-refractivity contribution in [1.29, 1.82) is 0 Å². The number of carbonyl (C=O) groups excluding carboxylic acids is 1. The highest BCUT2D eigenvalue weighted by Gasteiger charge is 2.35. The van der Waals surface area contributed by atoms with Crippen LogP contribution in [0.5, 0.6) is 5.75 Å². The highest BCUT2D eigenvalue weighted by molar-refractivity contribution is 7.92. The Balaban J connectivity index is 2.37. The number of hydrogen-bond acceptors (Lipinski definition) is 6. The van der Waals surface area contributed by atoms with E-state index < -0.39 is 27.9 Å². The molecule has 0 bridgehead atoms. The minimum absolute atomic E-state index is 0.0324. The Hall–Kier alpha value is -2.05. The van der Waals surface area contributed by atoms with Crippen LogP contribution in [0.3, 0.4) is 0 Å². The molecule has 0 radical (unpaired) electrons. The van der Waals surface area contributed by atoms with E-state index in [1.165, 1.54) is 23.1 Å². The van der Waals surface area contributed by atoms with E-state index in [-0.39, 0.29) is 48.2 Å². The normalized spacial score (nSPS) is 23.9. The molecule has 0 aliphatic carbocycles. The number of fused-ring (bicyclic) bond motifs is 1. The van der Waals surface area contributed by atoms with Gasteiger partial charge >= 0.3 is 6.18 Å². The number of halogens is 3. The zero-order chi connectivity index (χ0) is 23.4. The number of ether oxygens (including phenoxy) is 2. The molecule has 8 nitrogen and oxygen atoms in total. The number of benzene rings is 1. The van der Waals surface area contributed by atoms with Crippen LogP contribution in [0.25, 0.3) is 0 Å². The lowest BCUT2D eigenvalue weighted by molar-refractivity contribution is -0.106. The van der Waals surface area contributed by atoms with Crippen LogP contribution >= 0.6 is 0 Å². The Kier molecular flexibility index (Phi) is 8.17. The van der Waals surface area contributed by atoms with Crippen molar-refractivity contribution in [2.24, 2.45) is 5.92 Å². The molecule has 1 aliphatic heterocycles. The fourth-order valence-electron chi connectivity index (χ4n) is 3.16. The molecule has 0 aromatic heterocycles. The standard InChI is InChI=1S/C19H28F3N3O5S/c1-12-8-23-13(2)10-30-16-6-5-14(24-31(27,28)11-19(20,21)22)7-15(16)18(26)25(3)9-17(12)29-4/h5-7,12-13,17,23-24H,8-11H2,1-4H3/t12-,13-,17+/m0/s1. The van der Waals surface area contributed by atoms with Gasteiger partial charge in [-0.3, -0.25) is 9.52 Å². The number of rotatable bonds is 4. The minimum Gasteiger partial charge on any atom is -0.491 e. The van der Waals surface area contributed by atoms with Gasteiger partial charge in [-0.15, -0.1) is 0 Å². The van der Waals surface area contributed by atoms with Crippen LogP contribution in [0.2, 0.25) is 0 Å². The predicted molar refractivity (Wildman–Crippen MR) is 110 cm³/mol. The maximum Gasteiger partial charge on any atom is 0.404 e. The second-order valence-electron chi connectivity index (χ2n) is 7.74. The number of methoxy groups -OCH3 is 1. The lowest BCUT2D eigenvalue weighted by Crippen LogP contribution is -2.44. The molecule has 1 aliphatic rings. The van der Waals surface area contributed by atoms with E-state index in [1.54, 1.807) is 14.2 Å². The van der Waals surface area contributed by atoms with Crippen LogP contribution in [-0.2, 0) is 14.8 Å². The monoisotopic (exact) mass is 467 g/mol. The van der Waals surface area contributed by atoms with E-state index in [0.29, 0.717) is 6.54 Å². The molecule has 0 saturated carbocycles. The maximum absolute atomic E-state index is 13.1. The zero-order valence-electron chi connectivity index (χ0n) is 17.8. The fourth-order valence-corrected chi connectivity index (χ4v) is 4.14. The SMILES string of the molecule is CO[C@@H]1CN(C)C(=O)c2cc(NS(=O)(=O)CC(F)(F)F)ccc2OC[C@H](C)NC[C@@H]1C. The van der Waals surface area contributed by atoms with E-state index in [0.717, 1.165) is 0 Å². The second-order valence-corrected chi connectivity index (χ2v) is 9.47. The first-order chi connectivity index (χ1) is 14.3. The molecule has 0 fully saturated rings. The van der Waals surface area contributed by atoms with Crippen LogP contribution in [0.15, 0.2) is 18.2 Å². The molecule has 1 aromatic carbocycles. The van der Waals surface area contributed by atoms with Crippen molar-refractivity contribution < 1.29 is 35.9 Å². The first kappa shape index (κ1) is 25.2. The van der Waals surface area contributed by atoms with Gasteiger partial charge in [0.2, 0.25) is 10.0 Å². The third kappa shape index (κ3) is 7.54. The molecule has 1 heterocycles. The van der Waals surface area contributed by atoms with Gasteiger partial charge in [0.25, 0.3) is 5.91 Å². The molecular formula is C19H28F3N3O5S. The molecule has 1 aromatic rings. The Morgan fingerprint density at radius 3 is 2.61 bits per heavy atom. The first-order valence-corrected chi connectivity index (χ1v) is 11.3. The summed E-state index contributed by atoms with van der Waals surface area (Å²) in [4.78, 5) is 14.5. The summed E-state index contributed by atoms with van der Waals surface area (Å²) in [7, 11) is -1.57. The Labute approximate surface area is 180 Å². The number of amides is 1. The molecule has 2 N–H and O–H groups in total. The van der Waals surface area contributed by atoms with Crippen molar-refractivity contribution in [2.75, 3.05) is 44.3 Å². The van der Waals surface area contributed by atoms with Crippen LogP contribution in [0.4, 0.5) is 18.9 Å². The Bertz CT molecular complexity index is 879. The van der Waals surface area contributed by atoms with Crippen molar-refractivity contribution in [3.8, 4) is 5.75 Å². The van der Waals surface area contributed by atoms with Crippen molar-refractivity contribution in [3.05, 3.63) is 23.8 Å². The quantitative estimate of drug-likeness (QED) is 0.704. The summed E-state index contributed by atoms with van der Waals surface area (Å²) in [5, 5.41) is 3.33. The number of carbonyl (C=O) groups is 1. The van der Waals surface area contributed by atoms with Gasteiger partial charge in [0.1, 0.15) is 12.4 Å². The summed E-state index contributed by atoms with van der Waals surface area (Å²) >= 11 is 0. The molecule has 176 valence electrons. The number of nitrogens with one attached hydrogen (secondary N) is 2. The summed E-state index contributed by atoms with van der Waals surface area (Å²) in [6, 6.07) is 3.74. The molecule has 0 spiro atoms. The number of alkyl halides is 3. The lowest BCUT2D eigenvalue weighted by Gasteiger charge is -2.30. The first-order valence-electron chi connectivity index (χ1n) is 9.67. The molecule has 0 saturated heterocycles. The van der Waals surface area contributed by atoms with Gasteiger partial charge < -0.3 is 19.7 Å². The van der Waals surface area contributed by atoms with Crippen molar-refractivity contribution in [2.45, 2.75) is 32.2 Å². The molecule has 2 rings (SSSR count). The van der Waals surface area contributed by atoms with Crippen LogP contribution in [-0.4, -0.2) is 77.2 Å². The molecular weight excluding hydrogens is 439 g/mol. The van der Waals surface area contributed by atoms with Crippen LogP contribution in [0.1, 0.15) is 24.2 Å². The third-order valence-electron chi connectivity index (χ3n) is 4.85. The lowest BCUT2D eigenvalue weighted by atomic mass is 10.0. The molecule has 12 heteroatoms. The topological polar surface area (TPSA) is 97.0 Å². The van der Waals surface area contributed by atoms with Gasteiger partial charge in [0.15, 0.2) is 5.75 Å². The summed E-state index contributed by atoms with van der Waals surface area (Å²) < 4.78 is 74.3. The average Bonchev–Trinajstić information content (AvgIpc) is 2.65. The molecule has 3 atom stereocenters. The summed E-state index contributed by atoms with van der Waals surface area (Å²) in [6.07, 6.45) is -5.15. The Morgan fingerprint density at radius 2 is 2.00 bits per heavy atom. The van der Waals surface area contributed by atoms with Crippen LogP contribution in [0, 0.1) is 5.92 Å². The summed E-state index contributed by atoms with van der Waals surface area (Å²) in [5.74, 6) is -2.21. The van der Waals surface area contributed by atoms with Crippen molar-refractivity contribution >= 4 is 21.6 Å².